The molecule has 1 aromatic carbocycles. The van der Waals surface area contributed by atoms with Gasteiger partial charge < -0.3 is 20.1 Å². The molecule has 156 valence electrons. The first kappa shape index (κ1) is 20.6. The Bertz CT molecular complexity index is 1320. The van der Waals surface area contributed by atoms with Crippen LogP contribution < -0.4 is 10.1 Å². The number of anilines is 1. The van der Waals surface area contributed by atoms with Crippen LogP contribution in [-0.2, 0) is 5.75 Å². The van der Waals surface area contributed by atoms with E-state index < -0.39 is 0 Å². The molecule has 0 spiro atoms. The van der Waals surface area contributed by atoms with Crippen LogP contribution in [0.1, 0.15) is 25.9 Å². The molecule has 0 radical (unpaired) electrons. The van der Waals surface area contributed by atoms with E-state index in [9.17, 15) is 9.90 Å². The first-order valence-corrected chi connectivity index (χ1v) is 10.8. The molecule has 9 nitrogen and oxygen atoms in total. The molecule has 0 aliphatic heterocycles. The number of aromatic hydroxyl groups is 1. The van der Waals surface area contributed by atoms with Crippen LogP contribution in [0.4, 0.5) is 5.69 Å². The second-order valence-corrected chi connectivity index (χ2v) is 8.47. The average molecular weight is 453 g/mol. The van der Waals surface area contributed by atoms with Crippen molar-refractivity contribution in [2.75, 3.05) is 12.4 Å². The lowest BCUT2D eigenvalue weighted by Gasteiger charge is -2.07. The number of carbonyl (C=O) groups is 1. The highest BCUT2D eigenvalue weighted by atomic mass is 32.2. The molecule has 0 fully saturated rings. The van der Waals surface area contributed by atoms with Gasteiger partial charge in [0.1, 0.15) is 21.6 Å². The number of fused-ring (bicyclic) bond motifs is 1. The van der Waals surface area contributed by atoms with Crippen molar-refractivity contribution in [3.8, 4) is 17.6 Å². The van der Waals surface area contributed by atoms with E-state index in [0.717, 1.165) is 21.6 Å². The Morgan fingerprint density at radius 3 is 2.97 bits per heavy atom. The molecule has 31 heavy (non-hydrogen) atoms. The van der Waals surface area contributed by atoms with Crippen molar-refractivity contribution in [3.05, 3.63) is 51.7 Å². The minimum absolute atomic E-state index is 0.0557. The number of phenols is 1. The fourth-order valence-electron chi connectivity index (χ4n) is 2.84. The number of amides is 1. The fraction of sp³-hybridized carbons (Fsp3) is 0.150. The summed E-state index contributed by atoms with van der Waals surface area (Å²) in [6.45, 7) is 1.82. The molecule has 0 aliphatic carbocycles. The zero-order valence-electron chi connectivity index (χ0n) is 16.5. The average Bonchev–Trinajstić information content (AvgIpc) is 3.40. The molecule has 3 N–H and O–H groups in total. The van der Waals surface area contributed by atoms with Crippen LogP contribution in [-0.4, -0.2) is 38.1 Å². The number of pyridine rings is 1. The van der Waals surface area contributed by atoms with E-state index in [1.165, 1.54) is 42.5 Å². The molecule has 0 aliphatic rings. The topological polar surface area (TPSA) is 137 Å². The highest BCUT2D eigenvalue weighted by molar-refractivity contribution is 7.98. The molecule has 11 heteroatoms. The lowest BCUT2D eigenvalue weighted by Crippen LogP contribution is -2.09. The number of nitrogens with one attached hydrogen (secondary N) is 2. The predicted molar refractivity (Wildman–Crippen MR) is 118 cm³/mol. The number of phenolic OH excluding ortho intramolecular Hbond substituents is 1. The van der Waals surface area contributed by atoms with E-state index in [0.29, 0.717) is 32.9 Å². The van der Waals surface area contributed by atoms with E-state index in [1.54, 1.807) is 18.3 Å². The quantitative estimate of drug-likeness (QED) is 0.375. The van der Waals surface area contributed by atoms with Crippen LogP contribution in [0.2, 0.25) is 0 Å². The number of nitrogens with zero attached hydrogens (tertiary/aromatic N) is 4. The minimum Gasteiger partial charge on any atom is -0.504 e. The number of aromatic amines is 1. The molecule has 0 saturated carbocycles. The SMILES string of the molecule is COc1ccc(NC(=O)c2cnc(CSc3nc4c(C)c(C#N)ncc4[nH]3)s2)cc1O. The molecule has 0 atom stereocenters. The van der Waals surface area contributed by atoms with Crippen molar-refractivity contribution in [2.24, 2.45) is 0 Å². The van der Waals surface area contributed by atoms with Gasteiger partial charge in [-0.15, -0.1) is 11.3 Å². The van der Waals surface area contributed by atoms with Crippen molar-refractivity contribution in [1.29, 1.82) is 5.26 Å². The zero-order chi connectivity index (χ0) is 22.0. The lowest BCUT2D eigenvalue weighted by molar-refractivity contribution is 0.103. The maximum Gasteiger partial charge on any atom is 0.267 e. The Morgan fingerprint density at radius 2 is 2.23 bits per heavy atom. The van der Waals surface area contributed by atoms with Gasteiger partial charge in [-0.1, -0.05) is 11.8 Å². The van der Waals surface area contributed by atoms with Gasteiger partial charge in [-0.3, -0.25) is 4.79 Å². The van der Waals surface area contributed by atoms with Gasteiger partial charge in [0.2, 0.25) is 0 Å². The van der Waals surface area contributed by atoms with Crippen molar-refractivity contribution < 1.29 is 14.6 Å². The van der Waals surface area contributed by atoms with Crippen molar-refractivity contribution in [3.63, 3.8) is 0 Å². The number of hydrogen-bond acceptors (Lipinski definition) is 9. The predicted octanol–water partition coefficient (Wildman–Crippen LogP) is 3.85. The Balaban J connectivity index is 1.41. The standard InChI is InChI=1S/C20H16N6O3S2/c1-10-12(6-21)22-7-13-18(10)26-20(25-13)30-9-17-23-8-16(31-17)19(28)24-11-3-4-15(29-2)14(27)5-11/h3-5,7-8,27H,9H2,1-2H3,(H,24,28)(H,25,26). The maximum absolute atomic E-state index is 12.5. The molecular weight excluding hydrogens is 436 g/mol. The van der Waals surface area contributed by atoms with E-state index in [2.05, 4.69) is 31.3 Å². The number of methoxy groups -OCH3 is 1. The van der Waals surface area contributed by atoms with Crippen LogP contribution in [0.5, 0.6) is 11.5 Å². The second-order valence-electron chi connectivity index (χ2n) is 6.40. The number of hydrogen-bond donors (Lipinski definition) is 3. The smallest absolute Gasteiger partial charge is 0.267 e. The molecule has 4 rings (SSSR count). The summed E-state index contributed by atoms with van der Waals surface area (Å²) in [7, 11) is 1.46. The fourth-order valence-corrected chi connectivity index (χ4v) is 4.53. The summed E-state index contributed by atoms with van der Waals surface area (Å²) < 4.78 is 5.00. The Labute approximate surface area is 185 Å². The van der Waals surface area contributed by atoms with E-state index >= 15 is 0 Å². The number of aryl methyl sites for hydroxylation is 1. The van der Waals surface area contributed by atoms with Gasteiger partial charge >= 0.3 is 0 Å². The third-order valence-electron chi connectivity index (χ3n) is 4.40. The molecular formula is C20H16N6O3S2. The minimum atomic E-state index is -0.312. The first-order valence-electron chi connectivity index (χ1n) is 8.99. The number of thiazole rings is 1. The number of aromatic nitrogens is 4. The lowest BCUT2D eigenvalue weighted by atomic mass is 10.2. The number of imidazole rings is 1. The van der Waals surface area contributed by atoms with E-state index in [1.807, 2.05) is 6.92 Å². The largest absolute Gasteiger partial charge is 0.504 e. The molecule has 0 saturated heterocycles. The maximum atomic E-state index is 12.5. The molecule has 0 bridgehead atoms. The molecule has 0 unspecified atom stereocenters. The number of nitriles is 1. The molecule has 4 aromatic rings. The molecule has 3 heterocycles. The van der Waals surface area contributed by atoms with Gasteiger partial charge in [-0.05, 0) is 19.1 Å². The molecule has 3 aromatic heterocycles. The number of thioether (sulfide) groups is 1. The van der Waals surface area contributed by atoms with Gasteiger partial charge in [0, 0.05) is 17.3 Å². The first-order chi connectivity index (χ1) is 15.0. The third-order valence-corrected chi connectivity index (χ3v) is 6.46. The summed E-state index contributed by atoms with van der Waals surface area (Å²) >= 11 is 2.73. The Kier molecular flexibility index (Phi) is 5.75. The van der Waals surface area contributed by atoms with Gasteiger partial charge in [0.25, 0.3) is 5.91 Å². The highest BCUT2D eigenvalue weighted by Crippen LogP contribution is 2.30. The van der Waals surface area contributed by atoms with Crippen LogP contribution in [0, 0.1) is 18.3 Å². The summed E-state index contributed by atoms with van der Waals surface area (Å²) in [4.78, 5) is 29.1. The summed E-state index contributed by atoms with van der Waals surface area (Å²) in [5, 5.41) is 23.1. The van der Waals surface area contributed by atoms with E-state index in [4.69, 9.17) is 10.00 Å². The normalized spacial score (nSPS) is 10.7. The van der Waals surface area contributed by atoms with Crippen LogP contribution in [0.3, 0.4) is 0 Å². The Morgan fingerprint density at radius 1 is 1.39 bits per heavy atom. The zero-order valence-corrected chi connectivity index (χ0v) is 18.1. The van der Waals surface area contributed by atoms with Crippen LogP contribution in [0.25, 0.3) is 11.0 Å². The molecule has 1 amide bonds. The van der Waals surface area contributed by atoms with Crippen LogP contribution in [0.15, 0.2) is 35.7 Å². The third kappa shape index (κ3) is 4.30. The van der Waals surface area contributed by atoms with Gasteiger partial charge in [0.15, 0.2) is 16.7 Å². The number of H-pyrrole nitrogens is 1. The summed E-state index contributed by atoms with van der Waals surface area (Å²) in [5.74, 6) is 0.488. The number of ether oxygens (including phenoxy) is 1. The highest BCUT2D eigenvalue weighted by Gasteiger charge is 2.14. The summed E-state index contributed by atoms with van der Waals surface area (Å²) in [5.41, 5.74) is 3.03. The van der Waals surface area contributed by atoms with Crippen molar-refractivity contribution in [2.45, 2.75) is 17.8 Å². The number of carbonyl (C=O) groups excluding carboxylic acids is 1. The summed E-state index contributed by atoms with van der Waals surface area (Å²) in [6.07, 6.45) is 3.12. The summed E-state index contributed by atoms with van der Waals surface area (Å²) in [6, 6.07) is 6.69. The van der Waals surface area contributed by atoms with Gasteiger partial charge in [-0.2, -0.15) is 5.26 Å². The van der Waals surface area contributed by atoms with Gasteiger partial charge in [-0.25, -0.2) is 15.0 Å². The number of rotatable bonds is 6. The monoisotopic (exact) mass is 452 g/mol. The van der Waals surface area contributed by atoms with E-state index in [-0.39, 0.29) is 11.7 Å². The Hall–Kier alpha value is -3.62. The van der Waals surface area contributed by atoms with Crippen LogP contribution >= 0.6 is 23.1 Å². The van der Waals surface area contributed by atoms with Crippen molar-refractivity contribution in [1.82, 2.24) is 19.9 Å². The second kappa shape index (κ2) is 8.63. The van der Waals surface area contributed by atoms with Gasteiger partial charge in [0.05, 0.1) is 36.3 Å². The van der Waals surface area contributed by atoms with Crippen molar-refractivity contribution >= 4 is 45.7 Å². The number of benzene rings is 1.